The minimum absolute atomic E-state index is 0.0268. The number of alkyl halides is 3. The Morgan fingerprint density at radius 3 is 1.93 bits per heavy atom. The first kappa shape index (κ1) is 20.1. The van der Waals surface area contributed by atoms with E-state index in [1.807, 2.05) is 42.5 Å². The van der Waals surface area contributed by atoms with Crippen LogP contribution in [0.2, 0.25) is 0 Å². The van der Waals surface area contributed by atoms with Crippen molar-refractivity contribution in [3.8, 4) is 11.1 Å². The summed E-state index contributed by atoms with van der Waals surface area (Å²) in [7, 11) is 0. The first-order chi connectivity index (χ1) is 13.8. The summed E-state index contributed by atoms with van der Waals surface area (Å²) in [6, 6.07) is 22.7. The molecule has 0 saturated heterocycles. The average molecular weight is 398 g/mol. The number of carbonyl (C=O) groups is 2. The predicted molar refractivity (Wildman–Crippen MR) is 104 cm³/mol. The molecule has 7 heteroatoms. The van der Waals surface area contributed by atoms with Crippen LogP contribution in [0, 0.1) is 0 Å². The van der Waals surface area contributed by atoms with Crippen molar-refractivity contribution in [2.45, 2.75) is 12.7 Å². The Balaban J connectivity index is 1.56. The molecule has 0 unspecified atom stereocenters. The molecule has 0 aliphatic carbocycles. The van der Waals surface area contributed by atoms with E-state index in [-0.39, 0.29) is 18.1 Å². The van der Waals surface area contributed by atoms with E-state index in [1.165, 1.54) is 24.3 Å². The zero-order valence-electron chi connectivity index (χ0n) is 15.2. The van der Waals surface area contributed by atoms with Gasteiger partial charge in [-0.2, -0.15) is 13.2 Å². The van der Waals surface area contributed by atoms with E-state index >= 15 is 0 Å². The smallest absolute Gasteiger partial charge is 0.348 e. The molecule has 0 aliphatic rings. The topological polar surface area (TPSA) is 58.2 Å². The molecule has 29 heavy (non-hydrogen) atoms. The summed E-state index contributed by atoms with van der Waals surface area (Å²) in [5.74, 6) is -2.29. The third kappa shape index (κ3) is 5.44. The molecular weight excluding hydrogens is 381 g/mol. The summed E-state index contributed by atoms with van der Waals surface area (Å²) in [6.45, 7) is 0.201. The summed E-state index contributed by atoms with van der Waals surface area (Å²) in [4.78, 5) is 23.2. The first-order valence-electron chi connectivity index (χ1n) is 8.74. The SMILES string of the molecule is O=C(NCc1ccc(NC(=O)C(F)(F)F)cc1)c1ccc(-c2ccccc2)cc1. The summed E-state index contributed by atoms with van der Waals surface area (Å²) in [5.41, 5.74) is 3.26. The second-order valence-electron chi connectivity index (χ2n) is 6.27. The maximum Gasteiger partial charge on any atom is 0.471 e. The van der Waals surface area contributed by atoms with Crippen LogP contribution in [0.1, 0.15) is 15.9 Å². The highest BCUT2D eigenvalue weighted by Gasteiger charge is 2.38. The highest BCUT2D eigenvalue weighted by atomic mass is 19.4. The first-order valence-corrected chi connectivity index (χ1v) is 8.74. The molecule has 0 radical (unpaired) electrons. The van der Waals surface area contributed by atoms with Gasteiger partial charge in [0.05, 0.1) is 0 Å². The van der Waals surface area contributed by atoms with Crippen LogP contribution in [0.4, 0.5) is 18.9 Å². The molecule has 4 nitrogen and oxygen atoms in total. The normalized spacial score (nSPS) is 11.0. The van der Waals surface area contributed by atoms with Gasteiger partial charge < -0.3 is 10.6 Å². The molecule has 0 heterocycles. The average Bonchev–Trinajstić information content (AvgIpc) is 2.73. The largest absolute Gasteiger partial charge is 0.471 e. The Morgan fingerprint density at radius 1 is 0.759 bits per heavy atom. The molecule has 3 aromatic carbocycles. The highest BCUT2D eigenvalue weighted by Crippen LogP contribution is 2.20. The van der Waals surface area contributed by atoms with Gasteiger partial charge in [-0.1, -0.05) is 54.6 Å². The highest BCUT2D eigenvalue weighted by molar-refractivity contribution is 5.95. The van der Waals surface area contributed by atoms with Gasteiger partial charge in [0.2, 0.25) is 0 Å². The van der Waals surface area contributed by atoms with Crippen molar-refractivity contribution in [3.63, 3.8) is 0 Å². The molecule has 0 saturated carbocycles. The fraction of sp³-hybridized carbons (Fsp3) is 0.0909. The quantitative estimate of drug-likeness (QED) is 0.650. The van der Waals surface area contributed by atoms with Gasteiger partial charge in [-0.25, -0.2) is 0 Å². The fourth-order valence-electron chi connectivity index (χ4n) is 2.64. The van der Waals surface area contributed by atoms with E-state index in [9.17, 15) is 22.8 Å². The number of hydrogen-bond acceptors (Lipinski definition) is 2. The summed E-state index contributed by atoms with van der Waals surface area (Å²) in [6.07, 6.45) is -4.94. The van der Waals surface area contributed by atoms with Crippen molar-refractivity contribution in [1.29, 1.82) is 0 Å². The van der Waals surface area contributed by atoms with Crippen molar-refractivity contribution in [1.82, 2.24) is 5.32 Å². The zero-order chi connectivity index (χ0) is 20.9. The minimum atomic E-state index is -4.94. The number of halogens is 3. The molecule has 2 amide bonds. The van der Waals surface area contributed by atoms with Gasteiger partial charge >= 0.3 is 12.1 Å². The lowest BCUT2D eigenvalue weighted by Crippen LogP contribution is -2.29. The molecule has 0 spiro atoms. The van der Waals surface area contributed by atoms with Crippen LogP contribution >= 0.6 is 0 Å². The Bertz CT molecular complexity index is 983. The standard InChI is InChI=1S/C22H17F3N2O2/c23-22(24,25)21(29)27-19-12-6-15(7-13-19)14-26-20(28)18-10-8-17(9-11-18)16-4-2-1-3-5-16/h1-13H,14H2,(H,26,28)(H,27,29). The lowest BCUT2D eigenvalue weighted by Gasteiger charge is -2.09. The molecule has 2 N–H and O–H groups in total. The summed E-state index contributed by atoms with van der Waals surface area (Å²) < 4.78 is 36.7. The maximum atomic E-state index is 12.3. The fourth-order valence-corrected chi connectivity index (χ4v) is 2.64. The van der Waals surface area contributed by atoms with Gasteiger partial charge in [0.25, 0.3) is 5.91 Å². The molecule has 148 valence electrons. The van der Waals surface area contributed by atoms with Crippen molar-refractivity contribution >= 4 is 17.5 Å². The van der Waals surface area contributed by atoms with Gasteiger partial charge in [-0.3, -0.25) is 9.59 Å². The monoisotopic (exact) mass is 398 g/mol. The second kappa shape index (κ2) is 8.60. The number of nitrogens with one attached hydrogen (secondary N) is 2. The molecule has 0 bridgehead atoms. The van der Waals surface area contributed by atoms with Crippen LogP contribution in [0.3, 0.4) is 0 Å². The summed E-state index contributed by atoms with van der Waals surface area (Å²) in [5, 5.41) is 4.52. The van der Waals surface area contributed by atoms with Crippen LogP contribution < -0.4 is 10.6 Å². The summed E-state index contributed by atoms with van der Waals surface area (Å²) >= 11 is 0. The maximum absolute atomic E-state index is 12.3. The Morgan fingerprint density at radius 2 is 1.34 bits per heavy atom. The van der Waals surface area contributed by atoms with E-state index in [1.54, 1.807) is 17.4 Å². The molecule has 0 aromatic heterocycles. The Kier molecular flexibility index (Phi) is 5.97. The van der Waals surface area contributed by atoms with Crippen LogP contribution in [-0.4, -0.2) is 18.0 Å². The van der Waals surface area contributed by atoms with Crippen molar-refractivity contribution in [3.05, 3.63) is 90.0 Å². The van der Waals surface area contributed by atoms with Crippen LogP contribution in [-0.2, 0) is 11.3 Å². The van der Waals surface area contributed by atoms with Crippen molar-refractivity contribution in [2.75, 3.05) is 5.32 Å². The lowest BCUT2D eigenvalue weighted by atomic mass is 10.0. The van der Waals surface area contributed by atoms with E-state index in [2.05, 4.69) is 5.32 Å². The van der Waals surface area contributed by atoms with Crippen molar-refractivity contribution < 1.29 is 22.8 Å². The van der Waals surface area contributed by atoms with E-state index in [0.717, 1.165) is 11.1 Å². The van der Waals surface area contributed by atoms with E-state index < -0.39 is 12.1 Å². The van der Waals surface area contributed by atoms with Crippen LogP contribution in [0.25, 0.3) is 11.1 Å². The minimum Gasteiger partial charge on any atom is -0.348 e. The predicted octanol–water partition coefficient (Wildman–Crippen LogP) is 4.78. The van der Waals surface area contributed by atoms with Gasteiger partial charge in [0, 0.05) is 17.8 Å². The van der Waals surface area contributed by atoms with Gasteiger partial charge in [0.1, 0.15) is 0 Å². The number of amides is 2. The third-order valence-electron chi connectivity index (χ3n) is 4.18. The molecule has 3 rings (SSSR count). The molecule has 3 aromatic rings. The van der Waals surface area contributed by atoms with Crippen molar-refractivity contribution in [2.24, 2.45) is 0 Å². The van der Waals surface area contributed by atoms with Crippen LogP contribution in [0.5, 0.6) is 0 Å². The number of carbonyl (C=O) groups excluding carboxylic acids is 2. The van der Waals surface area contributed by atoms with Crippen LogP contribution in [0.15, 0.2) is 78.9 Å². The number of benzene rings is 3. The van der Waals surface area contributed by atoms with E-state index in [4.69, 9.17) is 0 Å². The molecule has 0 atom stereocenters. The van der Waals surface area contributed by atoms with Gasteiger partial charge in [0.15, 0.2) is 0 Å². The number of rotatable bonds is 5. The Hall–Kier alpha value is -3.61. The number of anilines is 1. The molecule has 0 fully saturated rings. The Labute approximate surface area is 165 Å². The van der Waals surface area contributed by atoms with Gasteiger partial charge in [-0.15, -0.1) is 0 Å². The molecular formula is C22H17F3N2O2. The lowest BCUT2D eigenvalue weighted by molar-refractivity contribution is -0.167. The van der Waals surface area contributed by atoms with E-state index in [0.29, 0.717) is 11.1 Å². The zero-order valence-corrected chi connectivity index (χ0v) is 15.2. The van der Waals surface area contributed by atoms with Gasteiger partial charge in [-0.05, 0) is 41.0 Å². The molecule has 0 aliphatic heterocycles. The second-order valence-corrected chi connectivity index (χ2v) is 6.27. The number of hydrogen-bond donors (Lipinski definition) is 2. The third-order valence-corrected chi connectivity index (χ3v) is 4.18.